The molecule has 0 aromatic heterocycles. The summed E-state index contributed by atoms with van der Waals surface area (Å²) in [5, 5.41) is 8.79. The summed E-state index contributed by atoms with van der Waals surface area (Å²) in [4.78, 5) is 0. The van der Waals surface area contributed by atoms with Crippen LogP contribution in [-0.4, -0.2) is 26.1 Å². The predicted molar refractivity (Wildman–Crippen MR) is 59.4 cm³/mol. The number of aliphatic hydroxyl groups excluding tert-OH is 1. The first-order valence-electron chi connectivity index (χ1n) is 5.42. The molecule has 13 heavy (non-hydrogen) atoms. The van der Waals surface area contributed by atoms with Gasteiger partial charge in [-0.15, -0.1) is 0 Å². The average molecular weight is 204 g/mol. The number of rotatable bonds is 7. The molecule has 0 rings (SSSR count). The maximum Gasteiger partial charge on any atom is 0.192 e. The van der Waals surface area contributed by atoms with Crippen molar-refractivity contribution >= 4 is 8.32 Å². The van der Waals surface area contributed by atoms with Crippen molar-refractivity contribution in [1.82, 2.24) is 0 Å². The fourth-order valence-electron chi connectivity index (χ4n) is 1.67. The van der Waals surface area contributed by atoms with Crippen molar-refractivity contribution in [3.05, 3.63) is 0 Å². The van der Waals surface area contributed by atoms with E-state index in [1.165, 1.54) is 18.1 Å². The second kappa shape index (κ2) is 6.57. The lowest BCUT2D eigenvalue weighted by Gasteiger charge is -2.31. The highest BCUT2D eigenvalue weighted by Crippen LogP contribution is 2.23. The van der Waals surface area contributed by atoms with Crippen LogP contribution < -0.4 is 0 Å². The standard InChI is InChI=1S/C10H24O2Si/c1-5-13(6-2,7-3)12-10(4)8-9-11/h10-11H,5-9H2,1-4H3. The van der Waals surface area contributed by atoms with Gasteiger partial charge in [-0.2, -0.15) is 0 Å². The summed E-state index contributed by atoms with van der Waals surface area (Å²) in [5.74, 6) is 0. The first-order valence-corrected chi connectivity index (χ1v) is 7.95. The van der Waals surface area contributed by atoms with Gasteiger partial charge in [0.25, 0.3) is 0 Å². The average Bonchev–Trinajstić information content (AvgIpc) is 2.15. The Morgan fingerprint density at radius 3 is 1.92 bits per heavy atom. The Labute approximate surface area is 83.4 Å². The lowest BCUT2D eigenvalue weighted by molar-refractivity contribution is 0.158. The van der Waals surface area contributed by atoms with Crippen LogP contribution in [0, 0.1) is 0 Å². The fourth-order valence-corrected chi connectivity index (χ4v) is 4.64. The van der Waals surface area contributed by atoms with Gasteiger partial charge in [0.1, 0.15) is 0 Å². The molecule has 0 bridgehead atoms. The maximum absolute atomic E-state index is 8.79. The summed E-state index contributed by atoms with van der Waals surface area (Å²) in [6, 6.07) is 3.57. The quantitative estimate of drug-likeness (QED) is 0.646. The van der Waals surface area contributed by atoms with Crippen molar-refractivity contribution < 1.29 is 9.53 Å². The monoisotopic (exact) mass is 204 g/mol. The zero-order valence-corrected chi connectivity index (χ0v) is 10.5. The molecule has 0 aromatic carbocycles. The van der Waals surface area contributed by atoms with Crippen molar-refractivity contribution in [2.45, 2.75) is 58.4 Å². The highest BCUT2D eigenvalue weighted by atomic mass is 28.4. The Morgan fingerprint density at radius 1 is 1.15 bits per heavy atom. The molecule has 3 heteroatoms. The third-order valence-electron chi connectivity index (χ3n) is 2.92. The summed E-state index contributed by atoms with van der Waals surface area (Å²) in [6.45, 7) is 8.99. The largest absolute Gasteiger partial charge is 0.414 e. The molecule has 1 N–H and O–H groups in total. The summed E-state index contributed by atoms with van der Waals surface area (Å²) >= 11 is 0. The molecule has 0 heterocycles. The molecule has 80 valence electrons. The molecule has 0 aliphatic heterocycles. The summed E-state index contributed by atoms with van der Waals surface area (Å²) < 4.78 is 6.10. The molecule has 0 aromatic rings. The molecule has 0 radical (unpaired) electrons. The summed E-state index contributed by atoms with van der Waals surface area (Å²) in [7, 11) is -1.43. The van der Waals surface area contributed by atoms with E-state index in [0.29, 0.717) is 0 Å². The smallest absolute Gasteiger partial charge is 0.192 e. The van der Waals surface area contributed by atoms with Crippen LogP contribution in [0.3, 0.4) is 0 Å². The van der Waals surface area contributed by atoms with Crippen LogP contribution in [0.2, 0.25) is 18.1 Å². The van der Waals surface area contributed by atoms with Gasteiger partial charge in [-0.05, 0) is 31.5 Å². The van der Waals surface area contributed by atoms with Gasteiger partial charge in [-0.1, -0.05) is 20.8 Å². The van der Waals surface area contributed by atoms with Gasteiger partial charge in [0, 0.05) is 12.7 Å². The maximum atomic E-state index is 8.79. The lowest BCUT2D eigenvalue weighted by Crippen LogP contribution is -2.39. The van der Waals surface area contributed by atoms with Gasteiger partial charge in [0.15, 0.2) is 8.32 Å². The van der Waals surface area contributed by atoms with Crippen LogP contribution in [0.15, 0.2) is 0 Å². The van der Waals surface area contributed by atoms with E-state index < -0.39 is 8.32 Å². The minimum absolute atomic E-state index is 0.233. The van der Waals surface area contributed by atoms with Crippen LogP contribution in [0.4, 0.5) is 0 Å². The van der Waals surface area contributed by atoms with E-state index in [2.05, 4.69) is 27.7 Å². The molecule has 0 aliphatic carbocycles. The first-order chi connectivity index (χ1) is 6.14. The molecule has 0 aliphatic rings. The van der Waals surface area contributed by atoms with Gasteiger partial charge in [-0.3, -0.25) is 0 Å². The lowest BCUT2D eigenvalue weighted by atomic mass is 10.3. The molecule has 1 atom stereocenters. The Morgan fingerprint density at radius 2 is 1.62 bits per heavy atom. The Balaban J connectivity index is 4.07. The fraction of sp³-hybridized carbons (Fsp3) is 1.00. The van der Waals surface area contributed by atoms with Crippen molar-refractivity contribution in [3.8, 4) is 0 Å². The molecule has 0 fully saturated rings. The van der Waals surface area contributed by atoms with Crippen LogP contribution in [0.1, 0.15) is 34.1 Å². The number of aliphatic hydroxyl groups is 1. The molecular formula is C10H24O2Si. The van der Waals surface area contributed by atoms with Crippen LogP contribution in [0.5, 0.6) is 0 Å². The minimum atomic E-state index is -1.43. The molecular weight excluding hydrogens is 180 g/mol. The zero-order valence-electron chi connectivity index (χ0n) is 9.47. The summed E-state index contributed by atoms with van der Waals surface area (Å²) in [6.07, 6.45) is 1.01. The van der Waals surface area contributed by atoms with E-state index in [1.807, 2.05) is 0 Å². The third-order valence-corrected chi connectivity index (χ3v) is 7.69. The van der Waals surface area contributed by atoms with E-state index in [4.69, 9.17) is 9.53 Å². The second-order valence-corrected chi connectivity index (χ2v) is 8.41. The van der Waals surface area contributed by atoms with E-state index in [0.717, 1.165) is 6.42 Å². The molecule has 0 amide bonds. The molecule has 0 saturated heterocycles. The van der Waals surface area contributed by atoms with Crippen LogP contribution >= 0.6 is 0 Å². The minimum Gasteiger partial charge on any atom is -0.414 e. The number of hydrogen-bond donors (Lipinski definition) is 1. The first kappa shape index (κ1) is 13.1. The van der Waals surface area contributed by atoms with Gasteiger partial charge < -0.3 is 9.53 Å². The van der Waals surface area contributed by atoms with Crippen molar-refractivity contribution in [1.29, 1.82) is 0 Å². The topological polar surface area (TPSA) is 29.5 Å². The van der Waals surface area contributed by atoms with Gasteiger partial charge in [0.05, 0.1) is 0 Å². The normalized spacial score (nSPS) is 14.5. The van der Waals surface area contributed by atoms with Gasteiger partial charge in [0.2, 0.25) is 0 Å². The van der Waals surface area contributed by atoms with Crippen LogP contribution in [-0.2, 0) is 4.43 Å². The Hall–Kier alpha value is 0.137. The third kappa shape index (κ3) is 4.25. The van der Waals surface area contributed by atoms with E-state index in [1.54, 1.807) is 0 Å². The zero-order chi connectivity index (χ0) is 10.3. The summed E-state index contributed by atoms with van der Waals surface area (Å²) in [5.41, 5.74) is 0. The highest BCUT2D eigenvalue weighted by Gasteiger charge is 2.30. The molecule has 1 unspecified atom stereocenters. The SMILES string of the molecule is CC[Si](CC)(CC)OC(C)CCO. The second-order valence-electron chi connectivity index (χ2n) is 3.68. The van der Waals surface area contributed by atoms with Crippen molar-refractivity contribution in [3.63, 3.8) is 0 Å². The predicted octanol–water partition coefficient (Wildman–Crippen LogP) is 2.78. The van der Waals surface area contributed by atoms with Gasteiger partial charge in [-0.25, -0.2) is 0 Å². The van der Waals surface area contributed by atoms with Gasteiger partial charge >= 0.3 is 0 Å². The van der Waals surface area contributed by atoms with E-state index in [9.17, 15) is 0 Å². The molecule has 0 saturated carbocycles. The number of hydrogen-bond acceptors (Lipinski definition) is 2. The van der Waals surface area contributed by atoms with Crippen molar-refractivity contribution in [2.24, 2.45) is 0 Å². The van der Waals surface area contributed by atoms with E-state index in [-0.39, 0.29) is 12.7 Å². The van der Waals surface area contributed by atoms with Crippen molar-refractivity contribution in [2.75, 3.05) is 6.61 Å². The highest BCUT2D eigenvalue weighted by molar-refractivity contribution is 6.73. The Bertz CT molecular complexity index is 116. The molecule has 2 nitrogen and oxygen atoms in total. The van der Waals surface area contributed by atoms with Crippen LogP contribution in [0.25, 0.3) is 0 Å². The molecule has 0 spiro atoms. The Kier molecular flexibility index (Phi) is 6.64. The van der Waals surface area contributed by atoms with E-state index >= 15 is 0 Å².